The minimum atomic E-state index is 0.647. The maximum Gasteiger partial charge on any atom is 0.0399 e. The van der Waals surface area contributed by atoms with E-state index in [0.29, 0.717) is 6.04 Å². The lowest BCUT2D eigenvalue weighted by Gasteiger charge is -2.22. The van der Waals surface area contributed by atoms with Crippen molar-refractivity contribution in [1.82, 2.24) is 5.32 Å². The highest BCUT2D eigenvalue weighted by Gasteiger charge is 2.22. The molecule has 1 heterocycles. The van der Waals surface area contributed by atoms with Gasteiger partial charge >= 0.3 is 0 Å². The number of aryl methyl sites for hydroxylation is 1. The molecular weight excluding hydrogens is 264 g/mol. The number of anilines is 1. The second-order valence-corrected chi connectivity index (χ2v) is 5.26. The van der Waals surface area contributed by atoms with Gasteiger partial charge in [-0.3, -0.25) is 0 Å². The van der Waals surface area contributed by atoms with Gasteiger partial charge in [-0.2, -0.15) is 0 Å². The maximum absolute atomic E-state index is 3.54. The highest BCUT2D eigenvalue weighted by atomic mass is 79.9. The van der Waals surface area contributed by atoms with Gasteiger partial charge in [-0.1, -0.05) is 22.9 Å². The van der Waals surface area contributed by atoms with Crippen molar-refractivity contribution in [3.05, 3.63) is 28.2 Å². The molecule has 1 saturated heterocycles. The number of rotatable bonds is 3. The summed E-state index contributed by atoms with van der Waals surface area (Å²) in [5.41, 5.74) is 2.84. The Kier molecular flexibility index (Phi) is 3.87. The van der Waals surface area contributed by atoms with Crippen LogP contribution in [0.3, 0.4) is 0 Å². The van der Waals surface area contributed by atoms with Crippen molar-refractivity contribution in [3.63, 3.8) is 0 Å². The average Bonchev–Trinajstić information content (AvgIpc) is 2.77. The Morgan fingerprint density at radius 1 is 1.50 bits per heavy atom. The van der Waals surface area contributed by atoms with Crippen LogP contribution in [0.15, 0.2) is 22.7 Å². The zero-order valence-corrected chi connectivity index (χ0v) is 11.5. The van der Waals surface area contributed by atoms with Crippen molar-refractivity contribution < 1.29 is 0 Å². The van der Waals surface area contributed by atoms with Crippen LogP contribution < -0.4 is 10.2 Å². The van der Waals surface area contributed by atoms with Gasteiger partial charge < -0.3 is 10.2 Å². The zero-order valence-electron chi connectivity index (χ0n) is 9.96. The second kappa shape index (κ2) is 5.19. The molecule has 1 aromatic rings. The van der Waals surface area contributed by atoms with Gasteiger partial charge in [-0.15, -0.1) is 0 Å². The summed E-state index contributed by atoms with van der Waals surface area (Å²) in [5, 5.41) is 3.36. The molecule has 1 fully saturated rings. The highest BCUT2D eigenvalue weighted by Crippen LogP contribution is 2.27. The van der Waals surface area contributed by atoms with Crippen LogP contribution in [0.1, 0.15) is 18.9 Å². The number of hydrogen-bond acceptors (Lipinski definition) is 2. The van der Waals surface area contributed by atoms with Crippen molar-refractivity contribution >= 4 is 21.6 Å². The molecule has 0 bridgehead atoms. The molecule has 1 unspecified atom stereocenters. The van der Waals surface area contributed by atoms with Crippen LogP contribution in [-0.4, -0.2) is 26.2 Å². The second-order valence-electron chi connectivity index (χ2n) is 4.35. The van der Waals surface area contributed by atoms with Crippen molar-refractivity contribution in [3.8, 4) is 0 Å². The molecule has 88 valence electrons. The number of halogens is 1. The Bertz CT molecular complexity index is 365. The number of likely N-dealkylation sites (N-methyl/N-ethyl adjacent to an activating group) is 1. The molecule has 1 aliphatic rings. The van der Waals surface area contributed by atoms with Gasteiger partial charge in [0, 0.05) is 29.3 Å². The lowest BCUT2D eigenvalue weighted by atomic mass is 10.1. The number of nitrogens with zero attached hydrogens (tertiary/aromatic N) is 1. The molecule has 0 amide bonds. The normalized spacial score (nSPS) is 20.4. The topological polar surface area (TPSA) is 15.3 Å². The first-order valence-electron chi connectivity index (χ1n) is 5.95. The van der Waals surface area contributed by atoms with Gasteiger partial charge in [0.2, 0.25) is 0 Å². The van der Waals surface area contributed by atoms with Gasteiger partial charge in [0.05, 0.1) is 0 Å². The van der Waals surface area contributed by atoms with E-state index in [1.807, 2.05) is 0 Å². The van der Waals surface area contributed by atoms with Crippen LogP contribution in [0.4, 0.5) is 5.69 Å². The highest BCUT2D eigenvalue weighted by molar-refractivity contribution is 9.10. The van der Waals surface area contributed by atoms with Crippen molar-refractivity contribution in [2.75, 3.05) is 25.0 Å². The molecule has 0 radical (unpaired) electrons. The van der Waals surface area contributed by atoms with E-state index in [1.54, 1.807) is 0 Å². The van der Waals surface area contributed by atoms with E-state index in [2.05, 4.69) is 58.3 Å². The molecule has 0 aromatic heterocycles. The van der Waals surface area contributed by atoms with Gasteiger partial charge in [0.25, 0.3) is 0 Å². The Hall–Kier alpha value is -0.540. The van der Waals surface area contributed by atoms with E-state index in [-0.39, 0.29) is 0 Å². The summed E-state index contributed by atoms with van der Waals surface area (Å²) in [6.45, 7) is 4.52. The molecule has 3 heteroatoms. The molecule has 1 atom stereocenters. The SMILES string of the molecule is CCc1cc(Br)ccc1N1CCC(NC)C1. The third-order valence-corrected chi connectivity index (χ3v) is 3.85. The number of benzene rings is 1. The predicted octanol–water partition coefficient (Wildman–Crippen LogP) is 2.81. The first kappa shape index (κ1) is 11.9. The molecule has 1 N–H and O–H groups in total. The molecule has 0 spiro atoms. The molecule has 16 heavy (non-hydrogen) atoms. The summed E-state index contributed by atoms with van der Waals surface area (Å²) in [7, 11) is 2.05. The fourth-order valence-corrected chi connectivity index (χ4v) is 2.77. The number of hydrogen-bond donors (Lipinski definition) is 1. The summed E-state index contributed by atoms with van der Waals surface area (Å²) in [4.78, 5) is 2.49. The molecular formula is C13H19BrN2. The quantitative estimate of drug-likeness (QED) is 0.917. The van der Waals surface area contributed by atoms with Crippen molar-refractivity contribution in [1.29, 1.82) is 0 Å². The Morgan fingerprint density at radius 2 is 2.31 bits per heavy atom. The van der Waals surface area contributed by atoms with Gasteiger partial charge in [0.15, 0.2) is 0 Å². The fourth-order valence-electron chi connectivity index (χ4n) is 2.36. The summed E-state index contributed by atoms with van der Waals surface area (Å²) < 4.78 is 1.18. The van der Waals surface area contributed by atoms with E-state index in [9.17, 15) is 0 Å². The fraction of sp³-hybridized carbons (Fsp3) is 0.538. The average molecular weight is 283 g/mol. The van der Waals surface area contributed by atoms with E-state index in [0.717, 1.165) is 13.0 Å². The summed E-state index contributed by atoms with van der Waals surface area (Å²) in [6, 6.07) is 7.26. The van der Waals surface area contributed by atoms with E-state index >= 15 is 0 Å². The molecule has 0 aliphatic carbocycles. The first-order valence-corrected chi connectivity index (χ1v) is 6.74. The smallest absolute Gasteiger partial charge is 0.0399 e. The van der Waals surface area contributed by atoms with Crippen LogP contribution in [0.2, 0.25) is 0 Å². The third kappa shape index (κ3) is 2.41. The van der Waals surface area contributed by atoms with Crippen molar-refractivity contribution in [2.45, 2.75) is 25.8 Å². The van der Waals surface area contributed by atoms with E-state index < -0.39 is 0 Å². The molecule has 0 saturated carbocycles. The van der Waals surface area contributed by atoms with Crippen LogP contribution in [0.25, 0.3) is 0 Å². The minimum absolute atomic E-state index is 0.647. The molecule has 1 aromatic carbocycles. The lowest BCUT2D eigenvalue weighted by Crippen LogP contribution is -2.29. The summed E-state index contributed by atoms with van der Waals surface area (Å²) in [5.74, 6) is 0. The van der Waals surface area contributed by atoms with Gasteiger partial charge in [-0.25, -0.2) is 0 Å². The zero-order chi connectivity index (χ0) is 11.5. The minimum Gasteiger partial charge on any atom is -0.370 e. The van der Waals surface area contributed by atoms with Crippen molar-refractivity contribution in [2.24, 2.45) is 0 Å². The maximum atomic E-state index is 3.54. The standard InChI is InChI=1S/C13H19BrN2/c1-3-10-8-11(14)4-5-13(10)16-7-6-12(9-16)15-2/h4-5,8,12,15H,3,6-7,9H2,1-2H3. The third-order valence-electron chi connectivity index (χ3n) is 3.36. The molecule has 2 rings (SSSR count). The number of nitrogens with one attached hydrogen (secondary N) is 1. The van der Waals surface area contributed by atoms with E-state index in [4.69, 9.17) is 0 Å². The summed E-state index contributed by atoms with van der Waals surface area (Å²) in [6.07, 6.45) is 2.34. The molecule has 1 aliphatic heterocycles. The van der Waals surface area contributed by atoms with Crippen LogP contribution in [-0.2, 0) is 6.42 Å². The Balaban J connectivity index is 2.20. The first-order chi connectivity index (χ1) is 7.74. The Morgan fingerprint density at radius 3 is 2.94 bits per heavy atom. The largest absolute Gasteiger partial charge is 0.370 e. The van der Waals surface area contributed by atoms with Gasteiger partial charge in [-0.05, 0) is 43.7 Å². The van der Waals surface area contributed by atoms with E-state index in [1.165, 1.54) is 28.7 Å². The van der Waals surface area contributed by atoms with Crippen LogP contribution in [0, 0.1) is 0 Å². The van der Waals surface area contributed by atoms with Crippen LogP contribution in [0.5, 0.6) is 0 Å². The Labute approximate surface area is 106 Å². The molecule has 2 nitrogen and oxygen atoms in total. The summed E-state index contributed by atoms with van der Waals surface area (Å²) >= 11 is 3.54. The predicted molar refractivity (Wildman–Crippen MR) is 73.2 cm³/mol. The van der Waals surface area contributed by atoms with Crippen LogP contribution >= 0.6 is 15.9 Å². The lowest BCUT2D eigenvalue weighted by molar-refractivity contribution is 0.617. The van der Waals surface area contributed by atoms with Gasteiger partial charge in [0.1, 0.15) is 0 Å². The monoisotopic (exact) mass is 282 g/mol.